The molecule has 3 unspecified atom stereocenters. The number of hydrogen-bond acceptors (Lipinski definition) is 10. The van der Waals surface area contributed by atoms with E-state index < -0.39 is 40.3 Å². The number of ketones is 1. The van der Waals surface area contributed by atoms with Gasteiger partial charge in [0, 0.05) is 58.2 Å². The summed E-state index contributed by atoms with van der Waals surface area (Å²) >= 11 is 0. The van der Waals surface area contributed by atoms with Crippen molar-refractivity contribution >= 4 is 22.8 Å². The molecule has 2 aliphatic rings. The maximum absolute atomic E-state index is 15.1. The van der Waals surface area contributed by atoms with Gasteiger partial charge >= 0.3 is 0 Å². The molecule has 7 rings (SSSR count). The zero-order valence-corrected chi connectivity index (χ0v) is 31.0. The predicted octanol–water partition coefficient (Wildman–Crippen LogP) is 9.10. The first kappa shape index (κ1) is 36.9. The largest absolute Gasteiger partial charge is 0.508 e. The Morgan fingerprint density at radius 1 is 0.873 bits per heavy atom. The second-order valence-corrected chi connectivity index (χ2v) is 15.2. The van der Waals surface area contributed by atoms with Gasteiger partial charge in [-0.05, 0) is 95.5 Å². The van der Waals surface area contributed by atoms with Crippen LogP contribution in [0.1, 0.15) is 85.5 Å². The molecule has 6 N–H and O–H groups in total. The third kappa shape index (κ3) is 6.80. The molecular weight excluding hydrogens is 700 g/mol. The lowest BCUT2D eigenvalue weighted by Crippen LogP contribution is -2.32. The van der Waals surface area contributed by atoms with Crippen LogP contribution in [0.25, 0.3) is 28.4 Å². The highest BCUT2D eigenvalue weighted by Gasteiger charge is 2.43. The number of fused-ring (bicyclic) bond motifs is 2. The van der Waals surface area contributed by atoms with E-state index in [0.29, 0.717) is 28.9 Å². The summed E-state index contributed by atoms with van der Waals surface area (Å²) in [6.07, 6.45) is 7.81. The smallest absolute Gasteiger partial charge is 0.200 e. The molecule has 3 atom stereocenters. The van der Waals surface area contributed by atoms with Crippen LogP contribution in [0, 0.1) is 5.92 Å². The Morgan fingerprint density at radius 3 is 2.27 bits per heavy atom. The normalized spacial score (nSPS) is 18.6. The minimum absolute atomic E-state index is 0.0433. The van der Waals surface area contributed by atoms with E-state index in [4.69, 9.17) is 9.15 Å². The lowest BCUT2D eigenvalue weighted by molar-refractivity contribution is 0.0880. The first-order valence-corrected chi connectivity index (χ1v) is 18.0. The van der Waals surface area contributed by atoms with Gasteiger partial charge in [0.15, 0.2) is 5.78 Å². The van der Waals surface area contributed by atoms with Crippen molar-refractivity contribution in [1.82, 2.24) is 0 Å². The lowest BCUT2D eigenvalue weighted by Gasteiger charge is -2.37. The van der Waals surface area contributed by atoms with Crippen molar-refractivity contribution < 1.29 is 44.6 Å². The minimum Gasteiger partial charge on any atom is -0.508 e. The van der Waals surface area contributed by atoms with Gasteiger partial charge in [0.2, 0.25) is 5.43 Å². The van der Waals surface area contributed by atoms with Gasteiger partial charge < -0.3 is 39.8 Å². The number of phenolic OH excluding ortho intramolecular Hbond substituents is 6. The summed E-state index contributed by atoms with van der Waals surface area (Å²) in [5, 5.41) is 65.3. The fraction of sp³-hybridized carbons (Fsp3) is 0.244. The number of carbonyl (C=O) groups is 1. The maximum Gasteiger partial charge on any atom is 0.200 e. The van der Waals surface area contributed by atoms with Crippen molar-refractivity contribution in [2.24, 2.45) is 5.92 Å². The van der Waals surface area contributed by atoms with Crippen LogP contribution in [-0.2, 0) is 6.42 Å². The molecule has 1 aliphatic carbocycles. The highest BCUT2D eigenvalue weighted by molar-refractivity contribution is 6.01. The standard InChI is InChI=1S/C45H42O10/c1-22(2)6-10-30-42(53)40-36(51)21-35(50)39(44(40)54-43(30)29-12-9-27(47)20-34(29)49)32-17-23(3)16-31(28-11-8-26(46)19-33(28)48)38(32)41(52)25-7-13-37-24(18-25)14-15-45(4,5)55-37/h6-9,11-15,17-21,31-32,38,46-51H,10,16H2,1-5H3. The highest BCUT2D eigenvalue weighted by Crippen LogP contribution is 2.53. The van der Waals surface area contributed by atoms with E-state index in [9.17, 15) is 35.4 Å². The second-order valence-electron chi connectivity index (χ2n) is 15.2. The third-order valence-electron chi connectivity index (χ3n) is 10.4. The number of aromatic hydroxyl groups is 6. The summed E-state index contributed by atoms with van der Waals surface area (Å²) in [5.74, 6) is -4.45. The van der Waals surface area contributed by atoms with Crippen LogP contribution in [0.2, 0.25) is 0 Å². The summed E-state index contributed by atoms with van der Waals surface area (Å²) in [7, 11) is 0. The highest BCUT2D eigenvalue weighted by atomic mass is 16.5. The lowest BCUT2D eigenvalue weighted by atomic mass is 9.65. The molecule has 5 aromatic rings. The Balaban J connectivity index is 1.51. The maximum atomic E-state index is 15.1. The van der Waals surface area contributed by atoms with Crippen LogP contribution < -0.4 is 10.2 Å². The van der Waals surface area contributed by atoms with Crippen LogP contribution in [0.3, 0.4) is 0 Å². The molecule has 0 bridgehead atoms. The van der Waals surface area contributed by atoms with Crippen LogP contribution in [0.4, 0.5) is 0 Å². The summed E-state index contributed by atoms with van der Waals surface area (Å²) in [4.78, 5) is 29.6. The zero-order chi connectivity index (χ0) is 39.5. The van der Waals surface area contributed by atoms with Crippen molar-refractivity contribution in [3.05, 3.63) is 128 Å². The molecule has 2 heterocycles. The zero-order valence-electron chi connectivity index (χ0n) is 31.0. The molecular formula is C45H42O10. The summed E-state index contributed by atoms with van der Waals surface area (Å²) in [6, 6.07) is 14.2. The van der Waals surface area contributed by atoms with Crippen LogP contribution in [0.15, 0.2) is 99.2 Å². The number of allylic oxidation sites excluding steroid dienone is 4. The van der Waals surface area contributed by atoms with Gasteiger partial charge in [-0.25, -0.2) is 0 Å². The fourth-order valence-corrected chi connectivity index (χ4v) is 7.82. The monoisotopic (exact) mass is 742 g/mol. The Bertz CT molecular complexity index is 2550. The summed E-state index contributed by atoms with van der Waals surface area (Å²) < 4.78 is 12.7. The van der Waals surface area contributed by atoms with E-state index >= 15 is 4.79 Å². The number of rotatable bonds is 7. The second kappa shape index (κ2) is 13.8. The van der Waals surface area contributed by atoms with Crippen LogP contribution in [0.5, 0.6) is 40.2 Å². The number of ether oxygens (including phenoxy) is 1. The quantitative estimate of drug-likeness (QED) is 0.0696. The van der Waals surface area contributed by atoms with Crippen molar-refractivity contribution in [2.75, 3.05) is 0 Å². The summed E-state index contributed by atoms with van der Waals surface area (Å²) in [6.45, 7) is 9.42. The summed E-state index contributed by atoms with van der Waals surface area (Å²) in [5.41, 5.74) is 2.01. The van der Waals surface area contributed by atoms with Crippen LogP contribution >= 0.6 is 0 Å². The molecule has 0 saturated heterocycles. The van der Waals surface area contributed by atoms with E-state index in [2.05, 4.69) is 0 Å². The van der Waals surface area contributed by atoms with E-state index in [0.717, 1.165) is 23.3 Å². The minimum atomic E-state index is -1.03. The van der Waals surface area contributed by atoms with Crippen molar-refractivity contribution in [3.63, 3.8) is 0 Å². The molecule has 1 aromatic heterocycles. The van der Waals surface area contributed by atoms with Crippen LogP contribution in [-0.4, -0.2) is 42.0 Å². The molecule has 0 radical (unpaired) electrons. The average molecular weight is 743 g/mol. The van der Waals surface area contributed by atoms with Gasteiger partial charge in [-0.15, -0.1) is 0 Å². The third-order valence-corrected chi connectivity index (χ3v) is 10.4. The van der Waals surface area contributed by atoms with Gasteiger partial charge in [-0.2, -0.15) is 0 Å². The number of hydrogen-bond donors (Lipinski definition) is 6. The number of phenols is 6. The molecule has 1 aliphatic heterocycles. The van der Waals surface area contributed by atoms with Crippen molar-refractivity contribution in [1.29, 1.82) is 0 Å². The Morgan fingerprint density at radius 2 is 1.58 bits per heavy atom. The van der Waals surface area contributed by atoms with Gasteiger partial charge in [0.25, 0.3) is 0 Å². The van der Waals surface area contributed by atoms with E-state index in [1.165, 1.54) is 24.3 Å². The number of Topliss-reactive ketones (excluding diaryl/α,β-unsaturated/α-hetero) is 1. The van der Waals surface area contributed by atoms with Crippen molar-refractivity contribution in [2.45, 2.75) is 64.9 Å². The molecule has 10 heteroatoms. The van der Waals surface area contributed by atoms with Gasteiger partial charge in [0.1, 0.15) is 62.6 Å². The number of benzene rings is 4. The molecule has 0 fully saturated rings. The first-order chi connectivity index (χ1) is 26.0. The predicted molar refractivity (Wildman–Crippen MR) is 209 cm³/mol. The molecule has 4 aromatic carbocycles. The van der Waals surface area contributed by atoms with Gasteiger partial charge in [-0.1, -0.05) is 35.4 Å². The average Bonchev–Trinajstić information content (AvgIpc) is 3.10. The van der Waals surface area contributed by atoms with Gasteiger partial charge in [-0.3, -0.25) is 9.59 Å². The van der Waals surface area contributed by atoms with E-state index in [1.54, 1.807) is 30.3 Å². The molecule has 282 valence electrons. The Labute approximate surface area is 317 Å². The molecule has 0 saturated carbocycles. The van der Waals surface area contributed by atoms with E-state index in [-0.39, 0.29) is 68.6 Å². The fourth-order valence-electron chi connectivity index (χ4n) is 7.82. The Hall–Kier alpha value is -6.42. The Kier molecular flexibility index (Phi) is 9.24. The first-order valence-electron chi connectivity index (χ1n) is 18.0. The van der Waals surface area contributed by atoms with E-state index in [1.807, 2.05) is 52.8 Å². The topological polar surface area (TPSA) is 178 Å². The SMILES string of the molecule is CC(C)=CCc1c(-c2ccc(O)cc2O)oc2c(C3C=C(C)CC(c4ccc(O)cc4O)C3C(=O)c3ccc4c(c3)C=CC(C)(C)O4)c(O)cc(O)c2c1=O. The van der Waals surface area contributed by atoms with Crippen molar-refractivity contribution in [3.8, 4) is 51.6 Å². The number of carbonyl (C=O) groups excluding carboxylic acids is 1. The molecule has 10 nitrogen and oxygen atoms in total. The molecule has 0 amide bonds. The van der Waals surface area contributed by atoms with Gasteiger partial charge in [0.05, 0.1) is 5.56 Å². The molecule has 0 spiro atoms. The molecule has 55 heavy (non-hydrogen) atoms.